The van der Waals surface area contributed by atoms with Crippen LogP contribution < -0.4 is 5.73 Å². The molecule has 1 amide bonds. The van der Waals surface area contributed by atoms with Gasteiger partial charge in [0, 0.05) is 12.6 Å². The molecular weight excluding hydrogens is 228 g/mol. The van der Waals surface area contributed by atoms with Crippen LogP contribution in [-0.4, -0.2) is 28.5 Å². The van der Waals surface area contributed by atoms with Crippen LogP contribution in [0.3, 0.4) is 0 Å². The third kappa shape index (κ3) is 2.82. The van der Waals surface area contributed by atoms with Crippen molar-refractivity contribution in [3.8, 4) is 5.75 Å². The van der Waals surface area contributed by atoms with E-state index in [-0.39, 0.29) is 17.7 Å². The van der Waals surface area contributed by atoms with Gasteiger partial charge < -0.3 is 15.7 Å². The molecule has 0 aliphatic rings. The maximum absolute atomic E-state index is 12.2. The summed E-state index contributed by atoms with van der Waals surface area (Å²) < 4.78 is 0. The van der Waals surface area contributed by atoms with Crippen LogP contribution in [-0.2, 0) is 4.79 Å². The van der Waals surface area contributed by atoms with Crippen molar-refractivity contribution in [1.29, 1.82) is 0 Å². The molecule has 4 nitrogen and oxygen atoms in total. The Morgan fingerprint density at radius 3 is 2.56 bits per heavy atom. The van der Waals surface area contributed by atoms with Crippen LogP contribution in [0.25, 0.3) is 0 Å². The molecule has 4 heteroatoms. The zero-order valence-electron chi connectivity index (χ0n) is 11.5. The lowest BCUT2D eigenvalue weighted by Gasteiger charge is -2.32. The van der Waals surface area contributed by atoms with Crippen LogP contribution >= 0.6 is 0 Å². The van der Waals surface area contributed by atoms with E-state index in [1.165, 1.54) is 0 Å². The summed E-state index contributed by atoms with van der Waals surface area (Å²) in [5, 5.41) is 9.80. The molecule has 18 heavy (non-hydrogen) atoms. The topological polar surface area (TPSA) is 66.6 Å². The number of likely N-dealkylation sites (N-methyl/N-ethyl adjacent to an activating group) is 1. The van der Waals surface area contributed by atoms with Crippen LogP contribution in [0.2, 0.25) is 0 Å². The van der Waals surface area contributed by atoms with Gasteiger partial charge in [-0.3, -0.25) is 4.79 Å². The molecule has 0 radical (unpaired) electrons. The molecule has 0 fully saturated rings. The van der Waals surface area contributed by atoms with Crippen molar-refractivity contribution in [2.24, 2.45) is 5.73 Å². The van der Waals surface area contributed by atoms with Gasteiger partial charge in [0.05, 0.1) is 11.6 Å². The predicted molar refractivity (Wildman–Crippen MR) is 72.2 cm³/mol. The third-order valence-electron chi connectivity index (χ3n) is 3.51. The highest BCUT2D eigenvalue weighted by Crippen LogP contribution is 2.28. The second-order valence-electron chi connectivity index (χ2n) is 4.92. The number of para-hydroxylation sites is 1. The summed E-state index contributed by atoms with van der Waals surface area (Å²) >= 11 is 0. The number of hydrogen-bond donors (Lipinski definition) is 2. The fraction of sp³-hybridized carbons (Fsp3) is 0.500. The minimum atomic E-state index is -0.868. The van der Waals surface area contributed by atoms with Crippen molar-refractivity contribution in [3.05, 3.63) is 29.8 Å². The first-order valence-electron chi connectivity index (χ1n) is 6.15. The van der Waals surface area contributed by atoms with E-state index in [4.69, 9.17) is 5.73 Å². The number of phenols is 1. The molecule has 1 rings (SSSR count). The Balaban J connectivity index is 2.95. The number of hydrogen-bond acceptors (Lipinski definition) is 3. The Morgan fingerprint density at radius 2 is 2.06 bits per heavy atom. The molecule has 0 spiro atoms. The van der Waals surface area contributed by atoms with Crippen LogP contribution in [0.1, 0.15) is 38.8 Å². The summed E-state index contributed by atoms with van der Waals surface area (Å²) in [6.07, 6.45) is 0.573. The first kappa shape index (κ1) is 14.5. The monoisotopic (exact) mass is 250 g/mol. The second-order valence-corrected chi connectivity index (χ2v) is 4.92. The fourth-order valence-electron chi connectivity index (χ4n) is 1.78. The molecule has 2 unspecified atom stereocenters. The summed E-state index contributed by atoms with van der Waals surface area (Å²) in [5.41, 5.74) is 5.82. The van der Waals surface area contributed by atoms with Gasteiger partial charge in [0.1, 0.15) is 5.75 Å². The molecule has 0 aliphatic carbocycles. The molecule has 2 atom stereocenters. The van der Waals surface area contributed by atoms with E-state index in [1.54, 1.807) is 31.0 Å². The van der Waals surface area contributed by atoms with Gasteiger partial charge in [-0.2, -0.15) is 0 Å². The van der Waals surface area contributed by atoms with E-state index < -0.39 is 5.54 Å². The molecule has 0 aliphatic heterocycles. The van der Waals surface area contributed by atoms with Crippen LogP contribution in [0.15, 0.2) is 24.3 Å². The van der Waals surface area contributed by atoms with Crippen LogP contribution in [0, 0.1) is 0 Å². The van der Waals surface area contributed by atoms with Crippen molar-refractivity contribution in [2.75, 3.05) is 7.05 Å². The molecular formula is C14H22N2O2. The quantitative estimate of drug-likeness (QED) is 0.859. The van der Waals surface area contributed by atoms with E-state index in [0.717, 1.165) is 5.56 Å². The van der Waals surface area contributed by atoms with E-state index in [2.05, 4.69) is 0 Å². The largest absolute Gasteiger partial charge is 0.508 e. The zero-order chi connectivity index (χ0) is 13.9. The van der Waals surface area contributed by atoms with Gasteiger partial charge in [0.15, 0.2) is 0 Å². The Bertz CT molecular complexity index is 430. The predicted octanol–water partition coefficient (Wildman–Crippen LogP) is 2.04. The highest BCUT2D eigenvalue weighted by atomic mass is 16.3. The van der Waals surface area contributed by atoms with Gasteiger partial charge in [-0.1, -0.05) is 25.1 Å². The van der Waals surface area contributed by atoms with Gasteiger partial charge in [-0.25, -0.2) is 0 Å². The van der Waals surface area contributed by atoms with Crippen molar-refractivity contribution >= 4 is 5.91 Å². The summed E-state index contributed by atoms with van der Waals surface area (Å²) in [5.74, 6) is 0.0700. The van der Waals surface area contributed by atoms with Gasteiger partial charge in [-0.05, 0) is 26.3 Å². The van der Waals surface area contributed by atoms with E-state index in [9.17, 15) is 9.90 Å². The Hall–Kier alpha value is -1.55. The first-order valence-corrected chi connectivity index (χ1v) is 6.15. The molecule has 1 aromatic carbocycles. The van der Waals surface area contributed by atoms with E-state index >= 15 is 0 Å². The summed E-state index contributed by atoms with van der Waals surface area (Å²) in [6.45, 7) is 5.48. The number of nitrogens with two attached hydrogens (primary N) is 1. The highest BCUT2D eigenvalue weighted by Gasteiger charge is 2.32. The minimum Gasteiger partial charge on any atom is -0.508 e. The molecule has 3 N–H and O–H groups in total. The van der Waals surface area contributed by atoms with Gasteiger partial charge in [-0.15, -0.1) is 0 Å². The Labute approximate surface area is 108 Å². The van der Waals surface area contributed by atoms with Gasteiger partial charge in [0.2, 0.25) is 5.91 Å². The minimum absolute atomic E-state index is 0.124. The number of rotatable bonds is 4. The lowest BCUT2D eigenvalue weighted by atomic mass is 9.96. The third-order valence-corrected chi connectivity index (χ3v) is 3.51. The Kier molecular flexibility index (Phi) is 4.35. The summed E-state index contributed by atoms with van der Waals surface area (Å²) in [7, 11) is 1.71. The number of aromatic hydroxyl groups is 1. The van der Waals surface area contributed by atoms with Crippen molar-refractivity contribution < 1.29 is 9.90 Å². The maximum atomic E-state index is 12.2. The molecule has 0 aromatic heterocycles. The Morgan fingerprint density at radius 1 is 1.50 bits per heavy atom. The zero-order valence-corrected chi connectivity index (χ0v) is 11.5. The van der Waals surface area contributed by atoms with E-state index in [0.29, 0.717) is 6.42 Å². The average molecular weight is 250 g/mol. The second kappa shape index (κ2) is 5.40. The van der Waals surface area contributed by atoms with Crippen molar-refractivity contribution in [2.45, 2.75) is 38.8 Å². The molecule has 0 heterocycles. The summed E-state index contributed by atoms with van der Waals surface area (Å²) in [4.78, 5) is 13.8. The number of nitrogens with zero attached hydrogens (tertiary/aromatic N) is 1. The maximum Gasteiger partial charge on any atom is 0.242 e. The average Bonchev–Trinajstić information content (AvgIpc) is 2.36. The van der Waals surface area contributed by atoms with Crippen molar-refractivity contribution in [3.63, 3.8) is 0 Å². The number of phenolic OH excluding ortho intramolecular Hbond substituents is 1. The van der Waals surface area contributed by atoms with Crippen LogP contribution in [0.5, 0.6) is 5.75 Å². The lowest BCUT2D eigenvalue weighted by Crippen LogP contribution is -2.52. The number of benzene rings is 1. The number of carbonyl (C=O) groups is 1. The van der Waals surface area contributed by atoms with Crippen molar-refractivity contribution in [1.82, 2.24) is 4.90 Å². The highest BCUT2D eigenvalue weighted by molar-refractivity contribution is 5.85. The number of amides is 1. The smallest absolute Gasteiger partial charge is 0.242 e. The van der Waals surface area contributed by atoms with E-state index in [1.807, 2.05) is 26.0 Å². The van der Waals surface area contributed by atoms with Gasteiger partial charge in [0.25, 0.3) is 0 Å². The standard InChI is InChI=1S/C14H22N2O2/c1-5-14(3,15)13(18)16(4)10(2)11-8-6-7-9-12(11)17/h6-10,17H,5,15H2,1-4H3. The molecule has 0 saturated carbocycles. The lowest BCUT2D eigenvalue weighted by molar-refractivity contribution is -0.137. The SMILES string of the molecule is CCC(C)(N)C(=O)N(C)C(C)c1ccccc1O. The molecule has 100 valence electrons. The normalized spacial score (nSPS) is 15.8. The molecule has 1 aromatic rings. The summed E-state index contributed by atoms with van der Waals surface area (Å²) in [6, 6.07) is 6.81. The molecule has 0 bridgehead atoms. The first-order chi connectivity index (χ1) is 8.31. The van der Waals surface area contributed by atoms with Gasteiger partial charge >= 0.3 is 0 Å². The number of carbonyl (C=O) groups excluding carboxylic acids is 1. The molecule has 0 saturated heterocycles. The fourth-order valence-corrected chi connectivity index (χ4v) is 1.78. The van der Waals surface area contributed by atoms with Crippen LogP contribution in [0.4, 0.5) is 0 Å².